The second kappa shape index (κ2) is 7.22. The van der Waals surface area contributed by atoms with Gasteiger partial charge in [-0.05, 0) is 58.4 Å². The quantitative estimate of drug-likeness (QED) is 0.452. The monoisotopic (exact) mass is 362 g/mol. The molecule has 22 heavy (non-hydrogen) atoms. The van der Waals surface area contributed by atoms with Gasteiger partial charge in [0.25, 0.3) is 0 Å². The summed E-state index contributed by atoms with van der Waals surface area (Å²) in [6.45, 7) is 1.80. The predicted molar refractivity (Wildman–Crippen MR) is 86.7 cm³/mol. The number of Topliss-reactive ketones (excluding diaryl/α,β-unsaturated/α-hetero) is 1. The van der Waals surface area contributed by atoms with Crippen LogP contribution in [-0.4, -0.2) is 18.9 Å². The number of ketones is 1. The molecule has 5 heteroatoms. The Morgan fingerprint density at radius 3 is 2.23 bits per heavy atom. The number of hydrogen-bond donors (Lipinski definition) is 0. The third kappa shape index (κ3) is 3.74. The Morgan fingerprint density at radius 1 is 1.05 bits per heavy atom. The van der Waals surface area contributed by atoms with Crippen LogP contribution in [0.15, 0.2) is 46.9 Å². The number of ether oxygens (including phenoxy) is 2. The summed E-state index contributed by atoms with van der Waals surface area (Å²) < 4.78 is 11.1. The Balaban J connectivity index is 2.11. The first kappa shape index (κ1) is 16.2. The Bertz CT molecular complexity index is 692. The van der Waals surface area contributed by atoms with E-state index in [2.05, 4.69) is 15.9 Å². The Labute approximate surface area is 137 Å². The lowest BCUT2D eigenvalue weighted by molar-refractivity contribution is 0.0734. The third-order valence-corrected chi connectivity index (χ3v) is 3.72. The minimum Gasteiger partial charge on any atom is -0.496 e. The van der Waals surface area contributed by atoms with Crippen LogP contribution in [0.1, 0.15) is 34.1 Å². The molecule has 2 aromatic carbocycles. The fraction of sp³-hybridized carbons (Fsp3) is 0.176. The highest BCUT2D eigenvalue weighted by Gasteiger charge is 2.12. The molecular formula is C17H15BrO4. The first-order valence-electron chi connectivity index (χ1n) is 6.74. The average molecular weight is 363 g/mol. The number of carbonyl (C=O) groups excluding carboxylic acids is 2. The van der Waals surface area contributed by atoms with E-state index in [1.165, 1.54) is 0 Å². The third-order valence-electron chi connectivity index (χ3n) is 3.10. The molecule has 0 aliphatic carbocycles. The molecule has 0 amide bonds. The van der Waals surface area contributed by atoms with Crippen LogP contribution in [0.5, 0.6) is 11.5 Å². The molecule has 0 fully saturated rings. The fourth-order valence-electron chi connectivity index (χ4n) is 1.87. The molecule has 4 nitrogen and oxygen atoms in total. The second-order valence-electron chi connectivity index (χ2n) is 4.54. The van der Waals surface area contributed by atoms with E-state index < -0.39 is 5.97 Å². The average Bonchev–Trinajstić information content (AvgIpc) is 2.54. The van der Waals surface area contributed by atoms with Crippen molar-refractivity contribution in [3.05, 3.63) is 58.1 Å². The van der Waals surface area contributed by atoms with Crippen LogP contribution in [0.25, 0.3) is 0 Å². The van der Waals surface area contributed by atoms with Crippen molar-refractivity contribution in [2.45, 2.75) is 13.3 Å². The van der Waals surface area contributed by atoms with Gasteiger partial charge in [0.2, 0.25) is 0 Å². The molecule has 0 N–H and O–H groups in total. The molecule has 0 atom stereocenters. The van der Waals surface area contributed by atoms with Crippen molar-refractivity contribution in [3.8, 4) is 11.5 Å². The highest BCUT2D eigenvalue weighted by molar-refractivity contribution is 9.10. The van der Waals surface area contributed by atoms with E-state index in [0.29, 0.717) is 33.5 Å². The van der Waals surface area contributed by atoms with E-state index in [1.807, 2.05) is 0 Å². The molecular weight excluding hydrogens is 348 g/mol. The number of benzene rings is 2. The molecule has 2 aromatic rings. The van der Waals surface area contributed by atoms with Gasteiger partial charge in [0, 0.05) is 12.0 Å². The summed E-state index contributed by atoms with van der Waals surface area (Å²) in [5.74, 6) is 0.610. The van der Waals surface area contributed by atoms with E-state index >= 15 is 0 Å². The van der Waals surface area contributed by atoms with Gasteiger partial charge in [-0.15, -0.1) is 0 Å². The zero-order chi connectivity index (χ0) is 16.1. The van der Waals surface area contributed by atoms with E-state index in [-0.39, 0.29) is 5.78 Å². The molecule has 0 unspecified atom stereocenters. The van der Waals surface area contributed by atoms with Crippen LogP contribution in [0.3, 0.4) is 0 Å². The van der Waals surface area contributed by atoms with Crippen LogP contribution in [-0.2, 0) is 0 Å². The van der Waals surface area contributed by atoms with Crippen LogP contribution in [0.2, 0.25) is 0 Å². The van der Waals surface area contributed by atoms with Crippen molar-refractivity contribution < 1.29 is 19.1 Å². The first-order valence-corrected chi connectivity index (χ1v) is 7.53. The smallest absolute Gasteiger partial charge is 0.343 e. The van der Waals surface area contributed by atoms with Gasteiger partial charge in [-0.3, -0.25) is 4.79 Å². The van der Waals surface area contributed by atoms with Gasteiger partial charge < -0.3 is 9.47 Å². The van der Waals surface area contributed by atoms with Gasteiger partial charge in [0.15, 0.2) is 5.78 Å². The van der Waals surface area contributed by atoms with Gasteiger partial charge in [0.1, 0.15) is 11.5 Å². The van der Waals surface area contributed by atoms with Crippen LogP contribution < -0.4 is 9.47 Å². The molecule has 0 radical (unpaired) electrons. The van der Waals surface area contributed by atoms with Crippen LogP contribution in [0.4, 0.5) is 0 Å². The largest absolute Gasteiger partial charge is 0.496 e. The van der Waals surface area contributed by atoms with Crippen molar-refractivity contribution in [3.63, 3.8) is 0 Å². The predicted octanol–water partition coefficient (Wildman–Crippen LogP) is 4.27. The summed E-state index contributed by atoms with van der Waals surface area (Å²) in [4.78, 5) is 23.6. The lowest BCUT2D eigenvalue weighted by Gasteiger charge is -2.07. The maximum atomic E-state index is 12.1. The molecule has 2 rings (SSSR count). The molecule has 0 bridgehead atoms. The highest BCUT2D eigenvalue weighted by atomic mass is 79.9. The van der Waals surface area contributed by atoms with Gasteiger partial charge >= 0.3 is 5.97 Å². The highest BCUT2D eigenvalue weighted by Crippen LogP contribution is 2.26. The number of esters is 1. The van der Waals surface area contributed by atoms with Gasteiger partial charge in [-0.25, -0.2) is 4.79 Å². The van der Waals surface area contributed by atoms with Crippen LogP contribution in [0, 0.1) is 0 Å². The molecule has 0 saturated carbocycles. The van der Waals surface area contributed by atoms with E-state index in [0.717, 1.165) is 0 Å². The maximum absolute atomic E-state index is 12.1. The van der Waals surface area contributed by atoms with Gasteiger partial charge in [-0.2, -0.15) is 0 Å². The lowest BCUT2D eigenvalue weighted by atomic mass is 10.1. The summed E-state index contributed by atoms with van der Waals surface area (Å²) in [5.41, 5.74) is 1.01. The van der Waals surface area contributed by atoms with Crippen molar-refractivity contribution in [1.82, 2.24) is 0 Å². The molecule has 114 valence electrons. The summed E-state index contributed by atoms with van der Waals surface area (Å²) >= 11 is 3.32. The van der Waals surface area contributed by atoms with E-state index in [1.54, 1.807) is 56.5 Å². The summed E-state index contributed by atoms with van der Waals surface area (Å²) in [5, 5.41) is 0. The molecule has 0 aliphatic heterocycles. The Hall–Kier alpha value is -2.14. The van der Waals surface area contributed by atoms with Gasteiger partial charge in [-0.1, -0.05) is 6.92 Å². The minimum absolute atomic E-state index is 0.0527. The molecule has 0 aliphatic rings. The summed E-state index contributed by atoms with van der Waals surface area (Å²) in [6.07, 6.45) is 0.443. The topological polar surface area (TPSA) is 52.6 Å². The minimum atomic E-state index is -0.474. The zero-order valence-electron chi connectivity index (χ0n) is 12.3. The van der Waals surface area contributed by atoms with Crippen molar-refractivity contribution in [2.75, 3.05) is 7.11 Å². The lowest BCUT2D eigenvalue weighted by Crippen LogP contribution is -2.08. The van der Waals surface area contributed by atoms with Crippen LogP contribution >= 0.6 is 15.9 Å². The summed E-state index contributed by atoms with van der Waals surface area (Å²) in [7, 11) is 1.55. The normalized spacial score (nSPS) is 10.1. The molecule has 0 aromatic heterocycles. The summed E-state index contributed by atoms with van der Waals surface area (Å²) in [6, 6.07) is 11.5. The first-order chi connectivity index (χ1) is 10.5. The number of rotatable bonds is 5. The SMILES string of the molecule is CCC(=O)c1ccc(OC(=O)c2ccc(OC)c(Br)c2)cc1. The second-order valence-corrected chi connectivity index (χ2v) is 5.39. The van der Waals surface area contributed by atoms with E-state index in [4.69, 9.17) is 9.47 Å². The molecule has 0 saturated heterocycles. The van der Waals surface area contributed by atoms with Gasteiger partial charge in [0.05, 0.1) is 17.1 Å². The van der Waals surface area contributed by atoms with E-state index in [9.17, 15) is 9.59 Å². The van der Waals surface area contributed by atoms with Crippen molar-refractivity contribution in [2.24, 2.45) is 0 Å². The van der Waals surface area contributed by atoms with Crippen molar-refractivity contribution in [1.29, 1.82) is 0 Å². The maximum Gasteiger partial charge on any atom is 0.343 e. The molecule has 0 heterocycles. The number of methoxy groups -OCH3 is 1. The zero-order valence-corrected chi connectivity index (χ0v) is 13.8. The number of halogens is 1. The number of hydrogen-bond acceptors (Lipinski definition) is 4. The standard InChI is InChI=1S/C17H15BrO4/c1-3-15(19)11-4-7-13(8-5-11)22-17(20)12-6-9-16(21-2)14(18)10-12/h4-10H,3H2,1-2H3. The Morgan fingerprint density at radius 2 is 1.68 bits per heavy atom. The number of carbonyl (C=O) groups is 2. The fourth-order valence-corrected chi connectivity index (χ4v) is 2.41. The van der Waals surface area contributed by atoms with Crippen molar-refractivity contribution >= 4 is 27.7 Å². The molecule has 0 spiro atoms. The Kier molecular flexibility index (Phi) is 5.33.